The lowest BCUT2D eigenvalue weighted by atomic mass is 9.86. The molecule has 1 saturated carbocycles. The molecule has 0 radical (unpaired) electrons. The summed E-state index contributed by atoms with van der Waals surface area (Å²) in [7, 11) is 4.16. The molecule has 2 aromatic rings. The minimum absolute atomic E-state index is 0.0651. The first-order valence-electron chi connectivity index (χ1n) is 11.8. The van der Waals surface area contributed by atoms with E-state index in [1.165, 1.54) is 0 Å². The largest absolute Gasteiger partial charge is 0.328 e. The van der Waals surface area contributed by atoms with E-state index in [-0.39, 0.29) is 29.3 Å². The maximum Gasteiger partial charge on any atom is 0.242 e. The zero-order valence-electron chi connectivity index (χ0n) is 19.7. The summed E-state index contributed by atoms with van der Waals surface area (Å²) in [4.78, 5) is 19.7. The fourth-order valence-electron chi connectivity index (χ4n) is 5.07. The van der Waals surface area contributed by atoms with E-state index in [0.717, 1.165) is 61.8 Å². The maximum absolute atomic E-state index is 14.5. The number of amides is 1. The standard InChI is InChI=1S/C25H36FN5O/c1-5-6-22(28-19-8-7-18-11-17(2)12-21(26)20(18)13-19)24(32)29-23-14-31(16-27-23)25(9-10-25)15-30(3)4/h11-12,14,16,19,22,28H,5-10,13,15H2,1-4H3,(H,29,32)/t19?,22-/m0/s1. The highest BCUT2D eigenvalue weighted by Crippen LogP contribution is 2.44. The number of nitrogens with zero attached hydrogens (tertiary/aromatic N) is 3. The molecular formula is C25H36FN5O. The molecule has 1 aromatic carbocycles. The lowest BCUT2D eigenvalue weighted by molar-refractivity contribution is -0.118. The molecule has 6 nitrogen and oxygen atoms in total. The molecule has 2 N–H and O–H groups in total. The number of benzene rings is 1. The fraction of sp³-hybridized carbons (Fsp3) is 0.600. The van der Waals surface area contributed by atoms with Gasteiger partial charge in [0.1, 0.15) is 5.82 Å². The van der Waals surface area contributed by atoms with Crippen molar-refractivity contribution in [2.75, 3.05) is 26.0 Å². The van der Waals surface area contributed by atoms with Gasteiger partial charge in [-0.05, 0) is 82.3 Å². The van der Waals surface area contributed by atoms with Gasteiger partial charge in [0, 0.05) is 18.8 Å². The molecule has 1 fully saturated rings. The zero-order valence-corrected chi connectivity index (χ0v) is 19.7. The predicted octanol–water partition coefficient (Wildman–Crippen LogP) is 3.64. The van der Waals surface area contributed by atoms with E-state index in [2.05, 4.69) is 52.2 Å². The van der Waals surface area contributed by atoms with E-state index in [4.69, 9.17) is 0 Å². The van der Waals surface area contributed by atoms with Crippen molar-refractivity contribution in [3.63, 3.8) is 0 Å². The number of fused-ring (bicyclic) bond motifs is 1. The number of halogens is 1. The average molecular weight is 442 g/mol. The van der Waals surface area contributed by atoms with Crippen LogP contribution < -0.4 is 10.6 Å². The SMILES string of the molecule is CCC[C@H](NC1CCc2cc(C)cc(F)c2C1)C(=O)Nc1cn(C2(CN(C)C)CC2)cn1. The van der Waals surface area contributed by atoms with Crippen LogP contribution in [0.15, 0.2) is 24.7 Å². The smallest absolute Gasteiger partial charge is 0.242 e. The van der Waals surface area contributed by atoms with Crippen molar-refractivity contribution in [2.24, 2.45) is 0 Å². The van der Waals surface area contributed by atoms with Crippen molar-refractivity contribution in [3.05, 3.63) is 47.2 Å². The number of aromatic nitrogens is 2. The number of carbonyl (C=O) groups excluding carboxylic acids is 1. The molecule has 0 saturated heterocycles. The van der Waals surface area contributed by atoms with Crippen LogP contribution in [0.2, 0.25) is 0 Å². The van der Waals surface area contributed by atoms with Crippen LogP contribution in [0.4, 0.5) is 10.2 Å². The van der Waals surface area contributed by atoms with Crippen LogP contribution in [0, 0.1) is 12.7 Å². The molecule has 1 unspecified atom stereocenters. The van der Waals surface area contributed by atoms with Crippen LogP contribution in [-0.2, 0) is 23.2 Å². The second-order valence-corrected chi connectivity index (χ2v) is 9.95. The van der Waals surface area contributed by atoms with Crippen LogP contribution in [0.1, 0.15) is 55.7 Å². The number of likely N-dealkylation sites (N-methyl/N-ethyl adjacent to an activating group) is 1. The van der Waals surface area contributed by atoms with Crippen molar-refractivity contribution < 1.29 is 9.18 Å². The summed E-state index contributed by atoms with van der Waals surface area (Å²) in [5.41, 5.74) is 2.98. The molecule has 0 aliphatic heterocycles. The summed E-state index contributed by atoms with van der Waals surface area (Å²) in [5, 5.41) is 6.52. The van der Waals surface area contributed by atoms with Crippen LogP contribution >= 0.6 is 0 Å². The first-order chi connectivity index (χ1) is 15.3. The van der Waals surface area contributed by atoms with E-state index < -0.39 is 0 Å². The van der Waals surface area contributed by atoms with E-state index in [1.807, 2.05) is 19.4 Å². The Bertz CT molecular complexity index is 965. The van der Waals surface area contributed by atoms with Gasteiger partial charge in [-0.3, -0.25) is 4.79 Å². The number of rotatable bonds is 9. The molecule has 1 amide bonds. The van der Waals surface area contributed by atoms with Crippen molar-refractivity contribution in [1.82, 2.24) is 19.8 Å². The molecule has 2 atom stereocenters. The predicted molar refractivity (Wildman–Crippen MR) is 125 cm³/mol. The summed E-state index contributed by atoms with van der Waals surface area (Å²) in [6.45, 7) is 4.98. The molecule has 4 rings (SSSR count). The minimum atomic E-state index is -0.318. The van der Waals surface area contributed by atoms with Crippen LogP contribution in [-0.4, -0.2) is 53.1 Å². The Morgan fingerprint density at radius 1 is 1.38 bits per heavy atom. The van der Waals surface area contributed by atoms with Crippen molar-refractivity contribution in [1.29, 1.82) is 0 Å². The van der Waals surface area contributed by atoms with Gasteiger partial charge in [-0.2, -0.15) is 0 Å². The van der Waals surface area contributed by atoms with Gasteiger partial charge in [-0.1, -0.05) is 19.4 Å². The number of carbonyl (C=O) groups is 1. The Kier molecular flexibility index (Phi) is 6.67. The number of aryl methyl sites for hydroxylation is 2. The molecule has 0 spiro atoms. The van der Waals surface area contributed by atoms with Gasteiger partial charge in [0.25, 0.3) is 0 Å². The zero-order chi connectivity index (χ0) is 22.9. The topological polar surface area (TPSA) is 62.2 Å². The third-order valence-corrected chi connectivity index (χ3v) is 6.79. The molecule has 32 heavy (non-hydrogen) atoms. The van der Waals surface area contributed by atoms with Crippen LogP contribution in [0.25, 0.3) is 0 Å². The third-order valence-electron chi connectivity index (χ3n) is 6.79. The highest BCUT2D eigenvalue weighted by Gasteiger charge is 2.44. The summed E-state index contributed by atoms with van der Waals surface area (Å²) >= 11 is 0. The molecule has 1 aromatic heterocycles. The van der Waals surface area contributed by atoms with E-state index in [0.29, 0.717) is 12.2 Å². The van der Waals surface area contributed by atoms with Gasteiger partial charge in [0.2, 0.25) is 5.91 Å². The minimum Gasteiger partial charge on any atom is -0.328 e. The molecule has 0 bridgehead atoms. The third kappa shape index (κ3) is 5.04. The second kappa shape index (κ2) is 9.32. The average Bonchev–Trinajstić information content (AvgIpc) is 3.34. The Morgan fingerprint density at radius 3 is 2.84 bits per heavy atom. The molecule has 2 aliphatic rings. The van der Waals surface area contributed by atoms with Gasteiger partial charge in [0.15, 0.2) is 5.82 Å². The van der Waals surface area contributed by atoms with Gasteiger partial charge < -0.3 is 20.1 Å². The lowest BCUT2D eigenvalue weighted by Gasteiger charge is -2.29. The van der Waals surface area contributed by atoms with Gasteiger partial charge in [-0.15, -0.1) is 0 Å². The number of anilines is 1. The lowest BCUT2D eigenvalue weighted by Crippen LogP contribution is -2.48. The van der Waals surface area contributed by atoms with Gasteiger partial charge >= 0.3 is 0 Å². The second-order valence-electron chi connectivity index (χ2n) is 9.95. The van der Waals surface area contributed by atoms with Crippen molar-refractivity contribution in [3.8, 4) is 0 Å². The highest BCUT2D eigenvalue weighted by molar-refractivity contribution is 5.94. The van der Waals surface area contributed by atoms with E-state index in [9.17, 15) is 9.18 Å². The molecule has 7 heteroatoms. The Hall–Kier alpha value is -2.25. The Balaban J connectivity index is 1.39. The Labute approximate surface area is 190 Å². The summed E-state index contributed by atoms with van der Waals surface area (Å²) in [5.74, 6) is 0.406. The van der Waals surface area contributed by atoms with E-state index >= 15 is 0 Å². The Morgan fingerprint density at radius 2 is 2.16 bits per heavy atom. The highest BCUT2D eigenvalue weighted by atomic mass is 19.1. The number of imidazole rings is 1. The van der Waals surface area contributed by atoms with Gasteiger partial charge in [0.05, 0.1) is 17.9 Å². The van der Waals surface area contributed by atoms with Crippen LogP contribution in [0.5, 0.6) is 0 Å². The van der Waals surface area contributed by atoms with Crippen LogP contribution in [0.3, 0.4) is 0 Å². The maximum atomic E-state index is 14.5. The normalized spacial score (nSPS) is 20.1. The van der Waals surface area contributed by atoms with E-state index in [1.54, 1.807) is 6.07 Å². The fourth-order valence-corrected chi connectivity index (χ4v) is 5.07. The van der Waals surface area contributed by atoms with Gasteiger partial charge in [-0.25, -0.2) is 9.37 Å². The number of nitrogens with one attached hydrogen (secondary N) is 2. The first-order valence-corrected chi connectivity index (χ1v) is 11.8. The van der Waals surface area contributed by atoms with Crippen molar-refractivity contribution >= 4 is 11.7 Å². The summed E-state index contributed by atoms with van der Waals surface area (Å²) in [6, 6.07) is 3.47. The first kappa shape index (κ1) is 22.9. The molecule has 1 heterocycles. The quantitative estimate of drug-likeness (QED) is 0.624. The summed E-state index contributed by atoms with van der Waals surface area (Å²) in [6.07, 6.45) is 10.0. The number of hydrogen-bond donors (Lipinski definition) is 2. The summed E-state index contributed by atoms with van der Waals surface area (Å²) < 4.78 is 16.6. The number of hydrogen-bond acceptors (Lipinski definition) is 4. The molecule has 2 aliphatic carbocycles. The van der Waals surface area contributed by atoms with Crippen molar-refractivity contribution in [2.45, 2.75) is 76.4 Å². The molecule has 174 valence electrons. The monoisotopic (exact) mass is 441 g/mol. The molecular weight excluding hydrogens is 405 g/mol.